The fourth-order valence-corrected chi connectivity index (χ4v) is 1.93. The summed E-state index contributed by atoms with van der Waals surface area (Å²) in [6.07, 6.45) is 0. The zero-order valence-corrected chi connectivity index (χ0v) is 11.1. The SMILES string of the molecule is Cc1ccc(C(=O)O)c(OCc2cccc(Cl)c2)c1. The molecule has 19 heavy (non-hydrogen) atoms. The molecule has 2 aromatic rings. The number of hydrogen-bond donors (Lipinski definition) is 1. The van der Waals surface area contributed by atoms with E-state index >= 15 is 0 Å². The minimum Gasteiger partial charge on any atom is -0.488 e. The molecule has 0 amide bonds. The molecule has 1 N–H and O–H groups in total. The van der Waals surface area contributed by atoms with Gasteiger partial charge in [0, 0.05) is 5.02 Å². The van der Waals surface area contributed by atoms with Gasteiger partial charge in [-0.25, -0.2) is 4.79 Å². The van der Waals surface area contributed by atoms with Crippen LogP contribution in [-0.4, -0.2) is 11.1 Å². The maximum Gasteiger partial charge on any atom is 0.339 e. The molecular weight excluding hydrogens is 264 g/mol. The van der Waals surface area contributed by atoms with Crippen LogP contribution in [0.5, 0.6) is 5.75 Å². The van der Waals surface area contributed by atoms with E-state index < -0.39 is 5.97 Å². The largest absolute Gasteiger partial charge is 0.488 e. The molecule has 0 fully saturated rings. The lowest BCUT2D eigenvalue weighted by molar-refractivity contribution is 0.0692. The average Bonchev–Trinajstić information content (AvgIpc) is 2.36. The number of hydrogen-bond acceptors (Lipinski definition) is 2. The van der Waals surface area contributed by atoms with Crippen LogP contribution in [0.25, 0.3) is 0 Å². The maximum absolute atomic E-state index is 11.1. The van der Waals surface area contributed by atoms with Gasteiger partial charge >= 0.3 is 5.97 Å². The third-order valence-corrected chi connectivity index (χ3v) is 2.89. The molecular formula is C15H13ClO3. The van der Waals surface area contributed by atoms with Crippen LogP contribution in [0.15, 0.2) is 42.5 Å². The van der Waals surface area contributed by atoms with Crippen LogP contribution in [-0.2, 0) is 6.61 Å². The van der Waals surface area contributed by atoms with Gasteiger partial charge in [0.2, 0.25) is 0 Å². The highest BCUT2D eigenvalue weighted by molar-refractivity contribution is 6.30. The van der Waals surface area contributed by atoms with Crippen molar-refractivity contribution in [2.24, 2.45) is 0 Å². The Labute approximate surface area is 116 Å². The predicted octanol–water partition coefficient (Wildman–Crippen LogP) is 3.93. The highest BCUT2D eigenvalue weighted by atomic mass is 35.5. The zero-order chi connectivity index (χ0) is 13.8. The van der Waals surface area contributed by atoms with E-state index in [1.807, 2.05) is 19.1 Å². The van der Waals surface area contributed by atoms with Crippen LogP contribution in [0.3, 0.4) is 0 Å². The fraction of sp³-hybridized carbons (Fsp3) is 0.133. The topological polar surface area (TPSA) is 46.5 Å². The Balaban J connectivity index is 2.19. The van der Waals surface area contributed by atoms with Crippen molar-refractivity contribution in [1.82, 2.24) is 0 Å². The molecule has 0 saturated heterocycles. The second-order valence-corrected chi connectivity index (χ2v) is 4.66. The normalized spacial score (nSPS) is 10.2. The molecule has 2 rings (SSSR count). The Bertz CT molecular complexity index is 608. The second kappa shape index (κ2) is 5.76. The van der Waals surface area contributed by atoms with E-state index in [0.717, 1.165) is 11.1 Å². The van der Waals surface area contributed by atoms with Crippen molar-refractivity contribution in [2.45, 2.75) is 13.5 Å². The Morgan fingerprint density at radius 3 is 2.74 bits per heavy atom. The van der Waals surface area contributed by atoms with Gasteiger partial charge in [-0.05, 0) is 42.3 Å². The van der Waals surface area contributed by atoms with Gasteiger partial charge in [0.1, 0.15) is 17.9 Å². The van der Waals surface area contributed by atoms with Crippen LogP contribution >= 0.6 is 11.6 Å². The minimum absolute atomic E-state index is 0.160. The predicted molar refractivity (Wildman–Crippen MR) is 73.9 cm³/mol. The maximum atomic E-state index is 11.1. The number of ether oxygens (including phenoxy) is 1. The highest BCUT2D eigenvalue weighted by Crippen LogP contribution is 2.22. The quantitative estimate of drug-likeness (QED) is 0.920. The van der Waals surface area contributed by atoms with E-state index in [4.69, 9.17) is 21.4 Å². The molecule has 3 nitrogen and oxygen atoms in total. The summed E-state index contributed by atoms with van der Waals surface area (Å²) in [5, 5.41) is 9.73. The number of aromatic carboxylic acids is 1. The van der Waals surface area contributed by atoms with Crippen molar-refractivity contribution in [2.75, 3.05) is 0 Å². The Kier molecular flexibility index (Phi) is 4.07. The van der Waals surface area contributed by atoms with Gasteiger partial charge in [0.15, 0.2) is 0 Å². The number of rotatable bonds is 4. The molecule has 0 spiro atoms. The van der Waals surface area contributed by atoms with Crippen molar-refractivity contribution >= 4 is 17.6 Å². The van der Waals surface area contributed by atoms with E-state index in [1.165, 1.54) is 0 Å². The first-order valence-corrected chi connectivity index (χ1v) is 6.15. The van der Waals surface area contributed by atoms with E-state index in [9.17, 15) is 4.79 Å². The van der Waals surface area contributed by atoms with Gasteiger partial charge in [-0.3, -0.25) is 0 Å². The van der Waals surface area contributed by atoms with Gasteiger partial charge in [0.05, 0.1) is 0 Å². The third-order valence-electron chi connectivity index (χ3n) is 2.65. The van der Waals surface area contributed by atoms with Crippen LogP contribution < -0.4 is 4.74 Å². The molecule has 2 aromatic carbocycles. The second-order valence-electron chi connectivity index (χ2n) is 4.22. The number of benzene rings is 2. The van der Waals surface area contributed by atoms with Gasteiger partial charge in [-0.1, -0.05) is 29.8 Å². The lowest BCUT2D eigenvalue weighted by Crippen LogP contribution is -2.03. The molecule has 98 valence electrons. The van der Waals surface area contributed by atoms with E-state index in [0.29, 0.717) is 10.8 Å². The van der Waals surface area contributed by atoms with Crippen LogP contribution in [0.1, 0.15) is 21.5 Å². The van der Waals surface area contributed by atoms with Crippen molar-refractivity contribution in [3.8, 4) is 5.75 Å². The summed E-state index contributed by atoms with van der Waals surface area (Å²) in [7, 11) is 0. The van der Waals surface area contributed by atoms with E-state index in [2.05, 4.69) is 0 Å². The Morgan fingerprint density at radius 1 is 1.26 bits per heavy atom. The zero-order valence-electron chi connectivity index (χ0n) is 10.4. The van der Waals surface area contributed by atoms with Gasteiger partial charge < -0.3 is 9.84 Å². The molecule has 0 aromatic heterocycles. The number of aryl methyl sites for hydroxylation is 1. The van der Waals surface area contributed by atoms with Crippen molar-refractivity contribution in [3.05, 3.63) is 64.2 Å². The summed E-state index contributed by atoms with van der Waals surface area (Å²) in [4.78, 5) is 11.1. The molecule has 0 unspecified atom stereocenters. The summed E-state index contributed by atoms with van der Waals surface area (Å²) >= 11 is 5.88. The smallest absolute Gasteiger partial charge is 0.339 e. The highest BCUT2D eigenvalue weighted by Gasteiger charge is 2.11. The molecule has 0 aliphatic heterocycles. The molecule has 0 radical (unpaired) electrons. The standard InChI is InChI=1S/C15H13ClO3/c1-10-5-6-13(15(17)18)14(7-10)19-9-11-3-2-4-12(16)8-11/h2-8H,9H2,1H3,(H,17,18). The number of carbonyl (C=O) groups is 1. The summed E-state index contributed by atoms with van der Waals surface area (Å²) in [6, 6.07) is 12.3. The number of carboxylic acid groups (broad SMARTS) is 1. The van der Waals surface area contributed by atoms with Gasteiger partial charge in [-0.2, -0.15) is 0 Å². The summed E-state index contributed by atoms with van der Waals surface area (Å²) in [5.74, 6) is -0.631. The summed E-state index contributed by atoms with van der Waals surface area (Å²) in [6.45, 7) is 2.17. The molecule has 0 heterocycles. The van der Waals surface area contributed by atoms with Gasteiger partial charge in [-0.15, -0.1) is 0 Å². The minimum atomic E-state index is -0.999. The van der Waals surface area contributed by atoms with Gasteiger partial charge in [0.25, 0.3) is 0 Å². The molecule has 0 aliphatic rings. The molecule has 0 atom stereocenters. The monoisotopic (exact) mass is 276 g/mol. The van der Waals surface area contributed by atoms with Crippen molar-refractivity contribution in [1.29, 1.82) is 0 Å². The van der Waals surface area contributed by atoms with E-state index in [1.54, 1.807) is 30.3 Å². The molecule has 4 heteroatoms. The Hall–Kier alpha value is -2.00. The van der Waals surface area contributed by atoms with E-state index in [-0.39, 0.29) is 12.2 Å². The number of carboxylic acids is 1. The fourth-order valence-electron chi connectivity index (χ4n) is 1.71. The van der Waals surface area contributed by atoms with Crippen LogP contribution in [0.2, 0.25) is 5.02 Å². The Morgan fingerprint density at radius 2 is 2.05 bits per heavy atom. The first-order chi connectivity index (χ1) is 9.06. The third kappa shape index (κ3) is 3.48. The van der Waals surface area contributed by atoms with Crippen molar-refractivity contribution < 1.29 is 14.6 Å². The summed E-state index contributed by atoms with van der Waals surface area (Å²) < 4.78 is 5.58. The van der Waals surface area contributed by atoms with Crippen LogP contribution in [0, 0.1) is 6.92 Å². The first-order valence-electron chi connectivity index (χ1n) is 5.77. The lowest BCUT2D eigenvalue weighted by Gasteiger charge is -2.10. The van der Waals surface area contributed by atoms with Crippen LogP contribution in [0.4, 0.5) is 0 Å². The van der Waals surface area contributed by atoms with Crippen molar-refractivity contribution in [3.63, 3.8) is 0 Å². The first kappa shape index (κ1) is 13.4. The summed E-state index contributed by atoms with van der Waals surface area (Å²) in [5.41, 5.74) is 2.00. The number of halogens is 1. The molecule has 0 saturated carbocycles. The molecule has 0 aliphatic carbocycles. The molecule has 0 bridgehead atoms. The lowest BCUT2D eigenvalue weighted by atomic mass is 10.1. The average molecular weight is 277 g/mol.